The number of carbonyl (C=O) groups excluding carboxylic acids is 1. The van der Waals surface area contributed by atoms with Crippen LogP contribution in [-0.4, -0.2) is 31.8 Å². The van der Waals surface area contributed by atoms with Gasteiger partial charge in [0.2, 0.25) is 0 Å². The van der Waals surface area contributed by atoms with Crippen molar-refractivity contribution in [3.63, 3.8) is 0 Å². The fourth-order valence-corrected chi connectivity index (χ4v) is 3.79. The number of halogens is 1. The van der Waals surface area contributed by atoms with Crippen LogP contribution in [0.5, 0.6) is 5.75 Å². The van der Waals surface area contributed by atoms with Gasteiger partial charge in [0.1, 0.15) is 5.75 Å². The largest absolute Gasteiger partial charge is 0.483 e. The highest BCUT2D eigenvalue weighted by Crippen LogP contribution is 2.38. The number of ether oxygens (including phenoxy) is 2. The smallest absolute Gasteiger partial charge is 0.258 e. The zero-order chi connectivity index (χ0) is 16.8. The maximum Gasteiger partial charge on any atom is 0.258 e. The minimum atomic E-state index is -0.102. The van der Waals surface area contributed by atoms with Gasteiger partial charge in [0.15, 0.2) is 6.61 Å². The van der Waals surface area contributed by atoms with Gasteiger partial charge in [0.25, 0.3) is 5.91 Å². The van der Waals surface area contributed by atoms with Crippen LogP contribution in [-0.2, 0) is 9.53 Å². The van der Waals surface area contributed by atoms with Gasteiger partial charge in [0, 0.05) is 18.2 Å². The second-order valence-electron chi connectivity index (χ2n) is 6.74. The first-order valence-corrected chi connectivity index (χ1v) is 9.41. The average Bonchev–Trinajstić information content (AvgIpc) is 3.13. The molecule has 4 nitrogen and oxygen atoms in total. The standard InChI is InChI=1S/C19H26ClNO3/c20-15-8-9-18(17(11-15)14-5-2-1-3-6-14)24-13-19(22)21-12-16-7-4-10-23-16/h8-9,11,14,16H,1-7,10,12-13H2,(H,21,22)/t16-/m1/s1. The van der Waals surface area contributed by atoms with Crippen molar-refractivity contribution in [3.8, 4) is 5.75 Å². The van der Waals surface area contributed by atoms with E-state index in [2.05, 4.69) is 5.32 Å². The Kier molecular flexibility index (Phi) is 6.38. The van der Waals surface area contributed by atoms with E-state index in [1.54, 1.807) is 0 Å². The average molecular weight is 352 g/mol. The van der Waals surface area contributed by atoms with Crippen LogP contribution in [0.2, 0.25) is 5.02 Å². The molecule has 1 aromatic rings. The maximum atomic E-state index is 12.0. The van der Waals surface area contributed by atoms with Gasteiger partial charge in [-0.1, -0.05) is 30.9 Å². The molecule has 3 rings (SSSR count). The van der Waals surface area contributed by atoms with Crippen molar-refractivity contribution in [1.29, 1.82) is 0 Å². The van der Waals surface area contributed by atoms with Crippen molar-refractivity contribution in [2.75, 3.05) is 19.8 Å². The molecule has 2 aliphatic rings. The van der Waals surface area contributed by atoms with Crippen molar-refractivity contribution < 1.29 is 14.3 Å². The topological polar surface area (TPSA) is 47.6 Å². The Morgan fingerprint density at radius 1 is 1.21 bits per heavy atom. The summed E-state index contributed by atoms with van der Waals surface area (Å²) in [7, 11) is 0. The monoisotopic (exact) mass is 351 g/mol. The third-order valence-electron chi connectivity index (χ3n) is 4.93. The molecular weight excluding hydrogens is 326 g/mol. The molecule has 1 atom stereocenters. The third-order valence-corrected chi connectivity index (χ3v) is 5.16. The van der Waals surface area contributed by atoms with E-state index in [9.17, 15) is 4.79 Å². The van der Waals surface area contributed by atoms with E-state index in [1.165, 1.54) is 32.1 Å². The molecule has 1 aliphatic carbocycles. The van der Waals surface area contributed by atoms with Gasteiger partial charge in [-0.15, -0.1) is 0 Å². The van der Waals surface area contributed by atoms with Crippen LogP contribution in [0.1, 0.15) is 56.4 Å². The zero-order valence-electron chi connectivity index (χ0n) is 14.1. The Balaban J connectivity index is 1.54. The minimum Gasteiger partial charge on any atom is -0.483 e. The Labute approximate surface area is 148 Å². The highest BCUT2D eigenvalue weighted by atomic mass is 35.5. The summed E-state index contributed by atoms with van der Waals surface area (Å²) in [5.41, 5.74) is 1.15. The number of rotatable bonds is 6. The maximum absolute atomic E-state index is 12.0. The van der Waals surface area contributed by atoms with E-state index in [4.69, 9.17) is 21.1 Å². The number of benzene rings is 1. The summed E-state index contributed by atoms with van der Waals surface area (Å²) in [6.07, 6.45) is 8.39. The molecule has 1 saturated heterocycles. The number of hydrogen-bond acceptors (Lipinski definition) is 3. The molecule has 1 amide bonds. The summed E-state index contributed by atoms with van der Waals surface area (Å²) in [4.78, 5) is 12.0. The molecule has 0 spiro atoms. The van der Waals surface area contributed by atoms with Crippen LogP contribution in [0, 0.1) is 0 Å². The lowest BCUT2D eigenvalue weighted by molar-refractivity contribution is -0.123. The van der Waals surface area contributed by atoms with Crippen molar-refractivity contribution in [2.45, 2.75) is 57.0 Å². The Morgan fingerprint density at radius 2 is 2.04 bits per heavy atom. The lowest BCUT2D eigenvalue weighted by Crippen LogP contribution is -2.35. The second kappa shape index (κ2) is 8.72. The molecule has 0 bridgehead atoms. The summed E-state index contributed by atoms with van der Waals surface area (Å²) in [5, 5.41) is 3.62. The van der Waals surface area contributed by atoms with Crippen molar-refractivity contribution in [3.05, 3.63) is 28.8 Å². The van der Waals surface area contributed by atoms with Crippen molar-refractivity contribution in [1.82, 2.24) is 5.32 Å². The first-order valence-electron chi connectivity index (χ1n) is 9.03. The lowest BCUT2D eigenvalue weighted by atomic mass is 9.84. The molecule has 1 N–H and O–H groups in total. The molecule has 1 heterocycles. The number of amides is 1. The van der Waals surface area contributed by atoms with Crippen LogP contribution >= 0.6 is 11.6 Å². The molecule has 1 saturated carbocycles. The summed E-state index contributed by atoms with van der Waals surface area (Å²) < 4.78 is 11.3. The highest BCUT2D eigenvalue weighted by molar-refractivity contribution is 6.30. The molecule has 2 fully saturated rings. The summed E-state index contributed by atoms with van der Waals surface area (Å²) >= 11 is 6.17. The molecule has 0 aromatic heterocycles. The van der Waals surface area contributed by atoms with Crippen LogP contribution in [0.4, 0.5) is 0 Å². The van der Waals surface area contributed by atoms with Crippen LogP contribution in [0.15, 0.2) is 18.2 Å². The van der Waals surface area contributed by atoms with Gasteiger partial charge in [-0.3, -0.25) is 4.79 Å². The van der Waals surface area contributed by atoms with Gasteiger partial charge < -0.3 is 14.8 Å². The SMILES string of the molecule is O=C(COc1ccc(Cl)cc1C1CCCCC1)NC[C@H]1CCCO1. The van der Waals surface area contributed by atoms with Gasteiger partial charge in [-0.25, -0.2) is 0 Å². The zero-order valence-corrected chi connectivity index (χ0v) is 14.8. The van der Waals surface area contributed by atoms with Gasteiger partial charge in [-0.2, -0.15) is 0 Å². The van der Waals surface area contributed by atoms with E-state index in [-0.39, 0.29) is 18.6 Å². The van der Waals surface area contributed by atoms with Crippen LogP contribution in [0.3, 0.4) is 0 Å². The third kappa shape index (κ3) is 4.87. The number of nitrogens with one attached hydrogen (secondary N) is 1. The van der Waals surface area contributed by atoms with Gasteiger partial charge >= 0.3 is 0 Å². The van der Waals surface area contributed by atoms with Crippen LogP contribution < -0.4 is 10.1 Å². The molecule has 5 heteroatoms. The molecule has 24 heavy (non-hydrogen) atoms. The summed E-state index contributed by atoms with van der Waals surface area (Å²) in [5.74, 6) is 1.18. The normalized spacial score (nSPS) is 21.6. The molecule has 0 unspecified atom stereocenters. The molecule has 0 radical (unpaired) electrons. The molecule has 1 aliphatic heterocycles. The fourth-order valence-electron chi connectivity index (χ4n) is 3.61. The number of carbonyl (C=O) groups is 1. The van der Waals surface area contributed by atoms with E-state index < -0.39 is 0 Å². The second-order valence-corrected chi connectivity index (χ2v) is 7.18. The Morgan fingerprint density at radius 3 is 2.79 bits per heavy atom. The fraction of sp³-hybridized carbons (Fsp3) is 0.632. The quantitative estimate of drug-likeness (QED) is 0.840. The minimum absolute atomic E-state index is 0.0358. The van der Waals surface area contributed by atoms with Crippen molar-refractivity contribution >= 4 is 17.5 Å². The van der Waals surface area contributed by atoms with E-state index in [1.807, 2.05) is 18.2 Å². The predicted octanol–water partition coefficient (Wildman–Crippen LogP) is 4.06. The predicted molar refractivity (Wildman–Crippen MR) is 94.8 cm³/mol. The summed E-state index contributed by atoms with van der Waals surface area (Å²) in [6.45, 7) is 1.40. The van der Waals surface area contributed by atoms with Crippen LogP contribution in [0.25, 0.3) is 0 Å². The highest BCUT2D eigenvalue weighted by Gasteiger charge is 2.21. The Bertz CT molecular complexity index is 552. The molecular formula is C19H26ClNO3. The van der Waals surface area contributed by atoms with Gasteiger partial charge in [-0.05, 0) is 55.4 Å². The molecule has 132 valence electrons. The molecule has 1 aromatic carbocycles. The first-order chi connectivity index (χ1) is 11.7. The van der Waals surface area contributed by atoms with E-state index in [0.717, 1.165) is 35.8 Å². The first kappa shape index (κ1) is 17.6. The Hall–Kier alpha value is -1.26. The van der Waals surface area contributed by atoms with E-state index >= 15 is 0 Å². The number of hydrogen-bond donors (Lipinski definition) is 1. The summed E-state index contributed by atoms with van der Waals surface area (Å²) in [6, 6.07) is 5.71. The van der Waals surface area contributed by atoms with Gasteiger partial charge in [0.05, 0.1) is 6.10 Å². The van der Waals surface area contributed by atoms with E-state index in [0.29, 0.717) is 12.5 Å². The van der Waals surface area contributed by atoms with Crippen molar-refractivity contribution in [2.24, 2.45) is 0 Å². The lowest BCUT2D eigenvalue weighted by Gasteiger charge is -2.24.